The van der Waals surface area contributed by atoms with Crippen molar-refractivity contribution in [1.29, 1.82) is 0 Å². The van der Waals surface area contributed by atoms with Gasteiger partial charge in [-0.1, -0.05) is 19.8 Å². The third-order valence-corrected chi connectivity index (χ3v) is 4.96. The lowest BCUT2D eigenvalue weighted by Gasteiger charge is -2.28. The molecule has 132 valence electrons. The maximum Gasteiger partial charge on any atom is 0.290 e. The number of fused-ring (bicyclic) bond motifs is 1. The fourth-order valence-electron chi connectivity index (χ4n) is 3.23. The van der Waals surface area contributed by atoms with Gasteiger partial charge in [0.2, 0.25) is 0 Å². The third-order valence-electron chi connectivity index (χ3n) is 4.96. The van der Waals surface area contributed by atoms with Crippen molar-refractivity contribution in [2.24, 2.45) is 16.8 Å². The van der Waals surface area contributed by atoms with E-state index in [0.717, 1.165) is 24.7 Å². The van der Waals surface area contributed by atoms with Crippen LogP contribution in [0, 0.1) is 11.8 Å². The number of nitrogens with zero attached hydrogens (tertiary/aromatic N) is 1. The van der Waals surface area contributed by atoms with Crippen LogP contribution >= 0.6 is 0 Å². The third kappa shape index (κ3) is 3.69. The Bertz CT molecular complexity index is 633. The second-order valence-corrected chi connectivity index (χ2v) is 6.85. The number of benzene rings is 1. The Morgan fingerprint density at radius 1 is 1.38 bits per heavy atom. The number of halogens is 2. The van der Waals surface area contributed by atoms with Gasteiger partial charge in [-0.25, -0.2) is 4.99 Å². The summed E-state index contributed by atoms with van der Waals surface area (Å²) in [6.07, 6.45) is 1.73. The van der Waals surface area contributed by atoms with Crippen molar-refractivity contribution in [3.05, 3.63) is 18.2 Å². The number of anilines is 1. The second kappa shape index (κ2) is 6.67. The van der Waals surface area contributed by atoms with Gasteiger partial charge < -0.3 is 15.2 Å². The van der Waals surface area contributed by atoms with Crippen molar-refractivity contribution in [3.63, 3.8) is 0 Å². The molecular formula is C18H24F2N2O2. The van der Waals surface area contributed by atoms with Crippen molar-refractivity contribution in [2.45, 2.75) is 51.2 Å². The van der Waals surface area contributed by atoms with Gasteiger partial charge in [0.25, 0.3) is 5.92 Å². The average Bonchev–Trinajstić information content (AvgIpc) is 3.25. The molecule has 2 aliphatic rings. The van der Waals surface area contributed by atoms with Gasteiger partial charge >= 0.3 is 0 Å². The smallest absolute Gasteiger partial charge is 0.290 e. The normalized spacial score (nSPS) is 25.5. The number of aliphatic imine (C=N–C) groups is 1. The molecule has 1 heterocycles. The Morgan fingerprint density at radius 3 is 2.79 bits per heavy atom. The van der Waals surface area contributed by atoms with Gasteiger partial charge in [0.05, 0.1) is 18.5 Å². The van der Waals surface area contributed by atoms with Crippen molar-refractivity contribution < 1.29 is 18.6 Å². The molecule has 3 rings (SSSR count). The zero-order valence-electron chi connectivity index (χ0n) is 14.1. The number of rotatable bonds is 7. The monoisotopic (exact) mass is 338 g/mol. The summed E-state index contributed by atoms with van der Waals surface area (Å²) in [4.78, 5) is 4.01. The Kier molecular flexibility index (Phi) is 4.76. The summed E-state index contributed by atoms with van der Waals surface area (Å²) in [5.74, 6) is -1.06. The average molecular weight is 338 g/mol. The molecule has 1 aromatic rings. The van der Waals surface area contributed by atoms with Crippen LogP contribution in [0.3, 0.4) is 0 Å². The number of hydrogen-bond donors (Lipinski definition) is 2. The molecule has 0 radical (unpaired) electrons. The van der Waals surface area contributed by atoms with Gasteiger partial charge in [0, 0.05) is 12.5 Å². The number of alkyl halides is 2. The first-order valence-electron chi connectivity index (χ1n) is 8.50. The first kappa shape index (κ1) is 17.1. The molecule has 3 atom stereocenters. The van der Waals surface area contributed by atoms with E-state index in [1.807, 2.05) is 0 Å². The van der Waals surface area contributed by atoms with Crippen LogP contribution in [0.4, 0.5) is 20.2 Å². The number of hydrogen-bond acceptors (Lipinski definition) is 4. The van der Waals surface area contributed by atoms with Crippen molar-refractivity contribution in [3.8, 4) is 5.75 Å². The topological polar surface area (TPSA) is 53.8 Å². The minimum atomic E-state index is -3.11. The highest BCUT2D eigenvalue weighted by Gasteiger charge is 2.41. The summed E-state index contributed by atoms with van der Waals surface area (Å²) < 4.78 is 34.0. The highest BCUT2D eigenvalue weighted by molar-refractivity contribution is 6.01. The van der Waals surface area contributed by atoms with Gasteiger partial charge in [-0.15, -0.1) is 0 Å². The molecule has 0 aromatic heterocycles. The summed E-state index contributed by atoms with van der Waals surface area (Å²) in [6, 6.07) is 4.90. The minimum absolute atomic E-state index is 0.281. The highest BCUT2D eigenvalue weighted by atomic mass is 19.3. The van der Waals surface area contributed by atoms with Crippen LogP contribution in [-0.2, 0) is 0 Å². The van der Waals surface area contributed by atoms with E-state index in [0.29, 0.717) is 23.5 Å². The van der Waals surface area contributed by atoms with E-state index in [9.17, 15) is 13.9 Å². The fourth-order valence-corrected chi connectivity index (χ4v) is 3.23. The first-order valence-corrected chi connectivity index (χ1v) is 8.50. The standard InChI is InChI=1S/C18H24F2N2O2/c1-11-9-12(11)5-3-4-8-18(19,20)16-17(23)22-15-10-13(24-2)6-7-14(15)21-16/h6-7,10-12,17,22-23H,3-5,8-9H2,1-2H3/t11?,12-,17?/m1/s1. The van der Waals surface area contributed by atoms with Crippen LogP contribution in [0.25, 0.3) is 0 Å². The van der Waals surface area contributed by atoms with E-state index < -0.39 is 17.9 Å². The van der Waals surface area contributed by atoms with Crippen LogP contribution in [0.2, 0.25) is 0 Å². The quantitative estimate of drug-likeness (QED) is 0.726. The van der Waals surface area contributed by atoms with Gasteiger partial charge in [0.15, 0.2) is 6.23 Å². The zero-order chi connectivity index (χ0) is 17.3. The Labute approximate surface area is 140 Å². The van der Waals surface area contributed by atoms with Crippen LogP contribution < -0.4 is 10.1 Å². The summed E-state index contributed by atoms with van der Waals surface area (Å²) in [5.41, 5.74) is 0.381. The number of methoxy groups -OCH3 is 1. The minimum Gasteiger partial charge on any atom is -0.497 e. The number of unbranched alkanes of at least 4 members (excludes halogenated alkanes) is 1. The van der Waals surface area contributed by atoms with Gasteiger partial charge in [-0.2, -0.15) is 8.78 Å². The molecule has 0 saturated heterocycles. The molecule has 1 aliphatic heterocycles. The Balaban J connectivity index is 1.65. The van der Waals surface area contributed by atoms with E-state index in [1.165, 1.54) is 13.5 Å². The molecule has 0 spiro atoms. The number of aliphatic hydroxyl groups excluding tert-OH is 1. The molecule has 0 amide bonds. The van der Waals surface area contributed by atoms with Crippen LogP contribution in [0.5, 0.6) is 5.75 Å². The predicted molar refractivity (Wildman–Crippen MR) is 90.4 cm³/mol. The predicted octanol–water partition coefficient (Wildman–Crippen LogP) is 4.36. The van der Waals surface area contributed by atoms with Crippen molar-refractivity contribution in [2.75, 3.05) is 12.4 Å². The molecule has 2 unspecified atom stereocenters. The maximum atomic E-state index is 14.5. The summed E-state index contributed by atoms with van der Waals surface area (Å²) >= 11 is 0. The molecule has 1 saturated carbocycles. The van der Waals surface area contributed by atoms with Crippen molar-refractivity contribution in [1.82, 2.24) is 0 Å². The number of nitrogens with one attached hydrogen (secondary N) is 1. The van der Waals surface area contributed by atoms with Gasteiger partial charge in [-0.3, -0.25) is 0 Å². The van der Waals surface area contributed by atoms with Crippen LogP contribution in [0.1, 0.15) is 39.0 Å². The SMILES string of the molecule is COc1ccc2c(c1)NC(O)C(C(F)(F)CCCC[C@@H]1CC1C)=N2. The van der Waals surface area contributed by atoms with E-state index in [-0.39, 0.29) is 6.42 Å². The maximum absolute atomic E-state index is 14.5. The zero-order valence-corrected chi connectivity index (χ0v) is 14.1. The molecule has 0 bridgehead atoms. The summed E-state index contributed by atoms with van der Waals surface area (Å²) in [5, 5.41) is 12.7. The second-order valence-electron chi connectivity index (χ2n) is 6.85. The van der Waals surface area contributed by atoms with E-state index in [4.69, 9.17) is 4.74 Å². The van der Waals surface area contributed by atoms with Gasteiger partial charge in [-0.05, 0) is 36.8 Å². The Hall–Kier alpha value is -1.69. The largest absolute Gasteiger partial charge is 0.497 e. The van der Waals surface area contributed by atoms with E-state index in [1.54, 1.807) is 18.2 Å². The Morgan fingerprint density at radius 2 is 2.12 bits per heavy atom. The lowest BCUT2D eigenvalue weighted by atomic mass is 10.0. The molecule has 24 heavy (non-hydrogen) atoms. The molecule has 1 fully saturated rings. The molecule has 1 aliphatic carbocycles. The van der Waals surface area contributed by atoms with Gasteiger partial charge in [0.1, 0.15) is 11.5 Å². The molecule has 4 nitrogen and oxygen atoms in total. The molecule has 2 N–H and O–H groups in total. The van der Waals surface area contributed by atoms with Crippen LogP contribution in [0.15, 0.2) is 23.2 Å². The lowest BCUT2D eigenvalue weighted by molar-refractivity contribution is 0.0530. The molecule has 1 aromatic carbocycles. The number of aliphatic hydroxyl groups is 1. The van der Waals surface area contributed by atoms with E-state index in [2.05, 4.69) is 17.2 Å². The van der Waals surface area contributed by atoms with E-state index >= 15 is 0 Å². The first-order chi connectivity index (χ1) is 11.4. The lowest BCUT2D eigenvalue weighted by Crippen LogP contribution is -2.43. The summed E-state index contributed by atoms with van der Waals surface area (Å²) in [6.45, 7) is 2.20. The number of ether oxygens (including phenoxy) is 1. The molecule has 6 heteroatoms. The van der Waals surface area contributed by atoms with Crippen LogP contribution in [-0.4, -0.2) is 30.1 Å². The van der Waals surface area contributed by atoms with Crippen molar-refractivity contribution >= 4 is 17.1 Å². The molecular weight excluding hydrogens is 314 g/mol. The summed E-state index contributed by atoms with van der Waals surface area (Å²) in [7, 11) is 1.52. The fraction of sp³-hybridized carbons (Fsp3) is 0.611. The highest BCUT2D eigenvalue weighted by Crippen LogP contribution is 2.42.